The average Bonchev–Trinajstić information content (AvgIpc) is 2.89. The second-order valence-electron chi connectivity index (χ2n) is 8.44. The van der Waals surface area contributed by atoms with Gasteiger partial charge < -0.3 is 14.8 Å². The Kier molecular flexibility index (Phi) is 8.03. The van der Waals surface area contributed by atoms with Crippen LogP contribution >= 0.6 is 23.2 Å². The molecule has 4 rings (SSSR count). The molecule has 0 saturated heterocycles. The fraction of sp³-hybridized carbons (Fsp3) is 0.133. The van der Waals surface area contributed by atoms with Crippen LogP contribution in [-0.4, -0.2) is 13.0 Å². The number of benzene rings is 4. The van der Waals surface area contributed by atoms with Crippen LogP contribution in [0.4, 0.5) is 5.69 Å². The summed E-state index contributed by atoms with van der Waals surface area (Å²) < 4.78 is 11.7. The van der Waals surface area contributed by atoms with E-state index >= 15 is 0 Å². The van der Waals surface area contributed by atoms with Crippen molar-refractivity contribution in [3.63, 3.8) is 0 Å². The summed E-state index contributed by atoms with van der Waals surface area (Å²) >= 11 is 12.7. The van der Waals surface area contributed by atoms with Crippen molar-refractivity contribution in [1.82, 2.24) is 0 Å². The van der Waals surface area contributed by atoms with E-state index in [1.807, 2.05) is 25.1 Å². The van der Waals surface area contributed by atoms with Gasteiger partial charge in [-0.25, -0.2) is 0 Å². The lowest BCUT2D eigenvalue weighted by Crippen LogP contribution is -2.14. The largest absolute Gasteiger partial charge is 0.493 e. The van der Waals surface area contributed by atoms with Crippen molar-refractivity contribution in [2.24, 2.45) is 0 Å². The van der Waals surface area contributed by atoms with Crippen LogP contribution in [0.3, 0.4) is 0 Å². The predicted octanol–water partition coefficient (Wildman–Crippen LogP) is 7.90. The van der Waals surface area contributed by atoms with Crippen molar-refractivity contribution in [2.45, 2.75) is 20.5 Å². The van der Waals surface area contributed by atoms with Crippen LogP contribution in [0.15, 0.2) is 72.3 Å². The minimum atomic E-state index is -0.560. The smallest absolute Gasteiger partial charge is 0.266 e. The number of nitrogens with zero attached hydrogens (tertiary/aromatic N) is 1. The Morgan fingerprint density at radius 3 is 2.57 bits per heavy atom. The quantitative estimate of drug-likeness (QED) is 0.194. The molecule has 0 atom stereocenters. The first kappa shape index (κ1) is 26.1. The maximum Gasteiger partial charge on any atom is 0.266 e. The maximum absolute atomic E-state index is 12.8. The molecule has 0 fully saturated rings. The Morgan fingerprint density at radius 1 is 1.03 bits per heavy atom. The Morgan fingerprint density at radius 2 is 1.81 bits per heavy atom. The highest BCUT2D eigenvalue weighted by molar-refractivity contribution is 6.32. The molecule has 0 aliphatic heterocycles. The van der Waals surface area contributed by atoms with E-state index in [0.29, 0.717) is 45.0 Å². The molecule has 4 aromatic rings. The maximum atomic E-state index is 12.8. The van der Waals surface area contributed by atoms with Crippen molar-refractivity contribution in [3.05, 3.63) is 105 Å². The normalized spacial score (nSPS) is 11.2. The number of carbonyl (C=O) groups is 1. The number of nitriles is 1. The van der Waals surface area contributed by atoms with Gasteiger partial charge in [-0.3, -0.25) is 4.79 Å². The Bertz CT molecular complexity index is 1570. The number of methoxy groups -OCH3 is 1. The Balaban J connectivity index is 1.60. The van der Waals surface area contributed by atoms with Crippen LogP contribution in [0.1, 0.15) is 22.3 Å². The summed E-state index contributed by atoms with van der Waals surface area (Å²) in [5, 5.41) is 15.4. The molecule has 1 N–H and O–H groups in total. The van der Waals surface area contributed by atoms with Gasteiger partial charge in [0.1, 0.15) is 18.2 Å². The Hall–Kier alpha value is -3.98. The Labute approximate surface area is 225 Å². The van der Waals surface area contributed by atoms with E-state index < -0.39 is 5.91 Å². The van der Waals surface area contributed by atoms with Gasteiger partial charge in [-0.1, -0.05) is 65.7 Å². The van der Waals surface area contributed by atoms with Gasteiger partial charge in [-0.15, -0.1) is 0 Å². The molecule has 1 amide bonds. The molecular formula is C30H24Cl2N2O3. The highest BCUT2D eigenvalue weighted by Crippen LogP contribution is 2.38. The number of ether oxygens (including phenoxy) is 2. The van der Waals surface area contributed by atoms with Crippen LogP contribution in [0.2, 0.25) is 10.0 Å². The molecular weight excluding hydrogens is 507 g/mol. The number of anilines is 1. The van der Waals surface area contributed by atoms with Crippen molar-refractivity contribution in [3.8, 4) is 17.6 Å². The molecule has 4 aromatic carbocycles. The molecule has 0 heterocycles. The van der Waals surface area contributed by atoms with Gasteiger partial charge in [0.05, 0.1) is 12.1 Å². The molecule has 0 aromatic heterocycles. The first-order valence-corrected chi connectivity index (χ1v) is 12.2. The lowest BCUT2D eigenvalue weighted by atomic mass is 10.0. The van der Waals surface area contributed by atoms with Gasteiger partial charge >= 0.3 is 0 Å². The van der Waals surface area contributed by atoms with Crippen molar-refractivity contribution in [2.75, 3.05) is 12.4 Å². The molecule has 0 aliphatic carbocycles. The standard InChI is InChI=1S/C30H24Cl2N2O3/c1-18-11-12-21-7-4-5-8-23(21)24(18)17-37-29-26(32)14-20(15-28(29)36-3)13-22(16-33)30(35)34-27-10-6-9-25(31)19(27)2/h4-15H,17H2,1-3H3,(H,34,35)/b22-13+. The first-order valence-electron chi connectivity index (χ1n) is 11.5. The predicted molar refractivity (Wildman–Crippen MR) is 149 cm³/mol. The van der Waals surface area contributed by atoms with E-state index in [1.165, 1.54) is 13.2 Å². The molecule has 0 unspecified atom stereocenters. The van der Waals surface area contributed by atoms with Crippen LogP contribution in [0.25, 0.3) is 16.8 Å². The van der Waals surface area contributed by atoms with E-state index in [9.17, 15) is 10.1 Å². The van der Waals surface area contributed by atoms with Crippen LogP contribution < -0.4 is 14.8 Å². The van der Waals surface area contributed by atoms with E-state index in [4.69, 9.17) is 32.7 Å². The highest BCUT2D eigenvalue weighted by atomic mass is 35.5. The molecule has 37 heavy (non-hydrogen) atoms. The number of carbonyl (C=O) groups excluding carboxylic acids is 1. The number of nitrogens with one attached hydrogen (secondary N) is 1. The lowest BCUT2D eigenvalue weighted by molar-refractivity contribution is -0.112. The van der Waals surface area contributed by atoms with E-state index in [0.717, 1.165) is 21.9 Å². The summed E-state index contributed by atoms with van der Waals surface area (Å²) in [6.45, 7) is 4.12. The number of hydrogen-bond donors (Lipinski definition) is 1. The second kappa shape index (κ2) is 11.4. The van der Waals surface area contributed by atoms with Gasteiger partial charge in [-0.2, -0.15) is 5.26 Å². The summed E-state index contributed by atoms with van der Waals surface area (Å²) in [6.07, 6.45) is 1.45. The van der Waals surface area contributed by atoms with Crippen molar-refractivity contribution >= 4 is 51.6 Å². The third kappa shape index (κ3) is 5.72. The first-order chi connectivity index (χ1) is 17.8. The van der Waals surface area contributed by atoms with Gasteiger partial charge in [0, 0.05) is 16.3 Å². The van der Waals surface area contributed by atoms with Gasteiger partial charge in [0.15, 0.2) is 11.5 Å². The molecule has 186 valence electrons. The summed E-state index contributed by atoms with van der Waals surface area (Å²) in [5.74, 6) is 0.209. The van der Waals surface area contributed by atoms with Crippen molar-refractivity contribution in [1.29, 1.82) is 5.26 Å². The SMILES string of the molecule is COc1cc(/C=C(\C#N)C(=O)Nc2cccc(Cl)c2C)cc(Cl)c1OCc1c(C)ccc2ccccc12. The number of aryl methyl sites for hydroxylation is 1. The average molecular weight is 531 g/mol. The molecule has 7 heteroatoms. The molecule has 0 spiro atoms. The third-order valence-electron chi connectivity index (χ3n) is 6.08. The van der Waals surface area contributed by atoms with Crippen LogP contribution in [0, 0.1) is 25.2 Å². The van der Waals surface area contributed by atoms with Gasteiger partial charge in [0.2, 0.25) is 0 Å². The molecule has 0 aliphatic rings. The monoisotopic (exact) mass is 530 g/mol. The van der Waals surface area contributed by atoms with E-state index in [1.54, 1.807) is 37.3 Å². The number of rotatable bonds is 7. The number of halogens is 2. The summed E-state index contributed by atoms with van der Waals surface area (Å²) in [6, 6.07) is 22.7. The fourth-order valence-corrected chi connectivity index (χ4v) is 4.44. The number of fused-ring (bicyclic) bond motifs is 1. The molecule has 0 bridgehead atoms. The van der Waals surface area contributed by atoms with Gasteiger partial charge in [-0.05, 0) is 71.7 Å². The zero-order valence-electron chi connectivity index (χ0n) is 20.6. The summed E-state index contributed by atoms with van der Waals surface area (Å²) in [7, 11) is 1.51. The second-order valence-corrected chi connectivity index (χ2v) is 9.26. The van der Waals surface area contributed by atoms with Gasteiger partial charge in [0.25, 0.3) is 5.91 Å². The summed E-state index contributed by atoms with van der Waals surface area (Å²) in [5.41, 5.74) is 3.82. The fourth-order valence-electron chi connectivity index (χ4n) is 3.99. The zero-order valence-corrected chi connectivity index (χ0v) is 22.1. The van der Waals surface area contributed by atoms with Crippen LogP contribution in [0.5, 0.6) is 11.5 Å². The van der Waals surface area contributed by atoms with E-state index in [-0.39, 0.29) is 5.57 Å². The molecule has 0 radical (unpaired) electrons. The minimum absolute atomic E-state index is 0.0995. The highest BCUT2D eigenvalue weighted by Gasteiger charge is 2.16. The third-order valence-corrected chi connectivity index (χ3v) is 6.77. The lowest BCUT2D eigenvalue weighted by Gasteiger charge is -2.16. The van der Waals surface area contributed by atoms with E-state index in [2.05, 4.69) is 29.6 Å². The molecule has 0 saturated carbocycles. The summed E-state index contributed by atoms with van der Waals surface area (Å²) in [4.78, 5) is 12.8. The number of amides is 1. The zero-order chi connectivity index (χ0) is 26.5. The van der Waals surface area contributed by atoms with Crippen molar-refractivity contribution < 1.29 is 14.3 Å². The van der Waals surface area contributed by atoms with Crippen LogP contribution in [-0.2, 0) is 11.4 Å². The topological polar surface area (TPSA) is 71.3 Å². The minimum Gasteiger partial charge on any atom is -0.493 e. The number of hydrogen-bond acceptors (Lipinski definition) is 4. The molecule has 5 nitrogen and oxygen atoms in total.